The number of imidazole rings is 2. The summed E-state index contributed by atoms with van der Waals surface area (Å²) in [6.45, 7) is 3.49. The minimum atomic E-state index is -0.262. The summed E-state index contributed by atoms with van der Waals surface area (Å²) in [6.07, 6.45) is 3.22. The molecule has 11 heteroatoms. The maximum Gasteiger partial charge on any atom is 0.265 e. The van der Waals surface area contributed by atoms with Gasteiger partial charge in [-0.3, -0.25) is 18.4 Å². The lowest BCUT2D eigenvalue weighted by atomic mass is 10.1. The molecule has 2 N–H and O–H groups in total. The maximum atomic E-state index is 13.5. The molecule has 244 valence electrons. The number of para-hydroxylation sites is 4. The molecule has 0 fully saturated rings. The zero-order valence-corrected chi connectivity index (χ0v) is 27.3. The predicted molar refractivity (Wildman–Crippen MR) is 196 cm³/mol. The van der Waals surface area contributed by atoms with E-state index in [1.807, 2.05) is 72.8 Å². The van der Waals surface area contributed by atoms with E-state index in [0.29, 0.717) is 77.6 Å². The molecule has 8 aromatic rings. The van der Waals surface area contributed by atoms with Crippen molar-refractivity contribution in [2.24, 2.45) is 0 Å². The van der Waals surface area contributed by atoms with Gasteiger partial charge in [0.25, 0.3) is 11.1 Å². The van der Waals surface area contributed by atoms with Crippen molar-refractivity contribution in [3.63, 3.8) is 0 Å². The molecule has 0 unspecified atom stereocenters. The first kappa shape index (κ1) is 30.8. The summed E-state index contributed by atoms with van der Waals surface area (Å²) in [5.74, 6) is 1.20. The molecule has 0 bridgehead atoms. The number of nitriles is 2. The van der Waals surface area contributed by atoms with Crippen molar-refractivity contribution < 1.29 is 4.74 Å². The number of nitrogens with zero attached hydrogens (tertiary/aromatic N) is 6. The molecule has 0 radical (unpaired) electrons. The largest absolute Gasteiger partial charge is 0.457 e. The van der Waals surface area contributed by atoms with E-state index in [1.165, 1.54) is 8.80 Å². The minimum absolute atomic E-state index is 0.262. The molecule has 0 aliphatic heterocycles. The highest BCUT2D eigenvalue weighted by molar-refractivity contribution is 5.84. The number of aromatic nitrogens is 4. The highest BCUT2D eigenvalue weighted by atomic mass is 16.5. The maximum absolute atomic E-state index is 13.5. The van der Waals surface area contributed by atoms with Gasteiger partial charge in [0, 0.05) is 23.8 Å². The van der Waals surface area contributed by atoms with E-state index >= 15 is 0 Å². The average Bonchev–Trinajstić information content (AvgIpc) is 3.73. The smallest absolute Gasteiger partial charge is 0.265 e. The van der Waals surface area contributed by atoms with Gasteiger partial charge in [-0.15, -0.1) is 0 Å². The van der Waals surface area contributed by atoms with E-state index in [1.54, 1.807) is 50.5 Å². The molecule has 8 rings (SSSR count). The molecule has 0 saturated carbocycles. The van der Waals surface area contributed by atoms with Crippen molar-refractivity contribution in [1.29, 1.82) is 10.5 Å². The van der Waals surface area contributed by atoms with Crippen LogP contribution in [-0.4, -0.2) is 18.8 Å². The molecule has 0 aliphatic rings. The molecule has 0 atom stereocenters. The summed E-state index contributed by atoms with van der Waals surface area (Å²) >= 11 is 0. The molecule has 4 heterocycles. The number of anilines is 2. The number of ether oxygens (including phenoxy) is 1. The van der Waals surface area contributed by atoms with Gasteiger partial charge in [-0.25, -0.2) is 9.97 Å². The normalized spacial score (nSPS) is 12.1. The van der Waals surface area contributed by atoms with Gasteiger partial charge in [-0.05, 0) is 97.8 Å². The van der Waals surface area contributed by atoms with Crippen molar-refractivity contribution in [3.05, 3.63) is 150 Å². The van der Waals surface area contributed by atoms with Gasteiger partial charge in [-0.2, -0.15) is 10.5 Å². The van der Waals surface area contributed by atoms with Gasteiger partial charge in [0.15, 0.2) is 11.3 Å². The highest BCUT2D eigenvalue weighted by Crippen LogP contribution is 2.25. The van der Waals surface area contributed by atoms with E-state index in [2.05, 4.69) is 32.7 Å². The van der Waals surface area contributed by atoms with Gasteiger partial charge < -0.3 is 15.4 Å². The van der Waals surface area contributed by atoms with Crippen LogP contribution in [0.2, 0.25) is 0 Å². The fourth-order valence-corrected chi connectivity index (χ4v) is 6.26. The average molecular weight is 667 g/mol. The molecule has 0 spiro atoms. The Hall–Kier alpha value is -7.50. The molecule has 0 aliphatic carbocycles. The topological polar surface area (TPSA) is 150 Å². The van der Waals surface area contributed by atoms with Crippen molar-refractivity contribution in [2.75, 3.05) is 10.6 Å². The quantitative estimate of drug-likeness (QED) is 0.241. The van der Waals surface area contributed by atoms with Crippen molar-refractivity contribution in [1.82, 2.24) is 18.8 Å². The van der Waals surface area contributed by atoms with Gasteiger partial charge in [-0.1, -0.05) is 24.3 Å². The number of pyridine rings is 2. The summed E-state index contributed by atoms with van der Waals surface area (Å²) < 4.78 is 9.01. The van der Waals surface area contributed by atoms with Crippen LogP contribution in [0.1, 0.15) is 22.3 Å². The lowest BCUT2D eigenvalue weighted by Crippen LogP contribution is -2.34. The van der Waals surface area contributed by atoms with Crippen LogP contribution in [0.5, 0.6) is 11.5 Å². The predicted octanol–water partition coefficient (Wildman–Crippen LogP) is 5.30. The summed E-state index contributed by atoms with van der Waals surface area (Å²) in [6, 6.07) is 33.5. The summed E-state index contributed by atoms with van der Waals surface area (Å²) in [5.41, 5.74) is 6.02. The molecule has 4 aromatic heterocycles. The monoisotopic (exact) mass is 666 g/mol. The van der Waals surface area contributed by atoms with Crippen molar-refractivity contribution >= 4 is 57.1 Å². The SMILES string of the molecule is Cc1c(C#N)c2nc3ccccc3n2c(=O)/c1=C\Nc1ccc(Oc2ccc(N/C=c3\c(C)c(C#N)c4nc5ccccc5n4c3=O)cc2)cc1. The molecular formula is C40H26N8O3. The van der Waals surface area contributed by atoms with Crippen LogP contribution < -0.4 is 36.9 Å². The van der Waals surface area contributed by atoms with Gasteiger partial charge in [0.2, 0.25) is 0 Å². The fourth-order valence-electron chi connectivity index (χ4n) is 6.26. The van der Waals surface area contributed by atoms with E-state index in [9.17, 15) is 20.1 Å². The fraction of sp³-hybridized carbons (Fsp3) is 0.0500. The van der Waals surface area contributed by atoms with Crippen LogP contribution in [0, 0.1) is 36.5 Å². The first-order chi connectivity index (χ1) is 24.9. The Bertz CT molecular complexity index is 2820. The number of hydrogen-bond acceptors (Lipinski definition) is 9. The van der Waals surface area contributed by atoms with Gasteiger partial charge in [0.1, 0.15) is 23.6 Å². The molecule has 0 amide bonds. The van der Waals surface area contributed by atoms with Crippen molar-refractivity contribution in [2.45, 2.75) is 13.8 Å². The standard InChI is InChI=1S/C40H26N8O3/c1-23-29(19-41)37-45-33-7-3-5-9-35(33)47(37)39(49)31(23)21-43-25-11-15-27(16-12-25)51-28-17-13-26(14-18-28)44-22-32-24(2)30(20-42)38-46-34-8-4-6-10-36(34)48(38)40(32)50/h3-18,21-22,43-44H,1-2H3/b31-21-,32-22+. The van der Waals surface area contributed by atoms with Crippen LogP contribution in [0.25, 0.3) is 45.8 Å². The summed E-state index contributed by atoms with van der Waals surface area (Å²) in [7, 11) is 0. The van der Waals surface area contributed by atoms with Crippen LogP contribution >= 0.6 is 0 Å². The molecular weight excluding hydrogens is 640 g/mol. The van der Waals surface area contributed by atoms with Crippen LogP contribution in [0.4, 0.5) is 11.4 Å². The minimum Gasteiger partial charge on any atom is -0.457 e. The molecule has 0 saturated heterocycles. The third-order valence-electron chi connectivity index (χ3n) is 8.93. The Morgan fingerprint density at radius 1 is 0.608 bits per heavy atom. The molecule has 11 nitrogen and oxygen atoms in total. The Kier molecular flexibility index (Phi) is 7.36. The first-order valence-electron chi connectivity index (χ1n) is 16.0. The Morgan fingerprint density at radius 3 is 1.39 bits per heavy atom. The lowest BCUT2D eigenvalue weighted by molar-refractivity contribution is 0.483. The van der Waals surface area contributed by atoms with E-state index < -0.39 is 0 Å². The second-order valence-electron chi connectivity index (χ2n) is 11.9. The third-order valence-corrected chi connectivity index (χ3v) is 8.93. The molecule has 4 aromatic carbocycles. The number of benzene rings is 4. The Labute approximate surface area is 289 Å². The number of fused-ring (bicyclic) bond motifs is 6. The highest BCUT2D eigenvalue weighted by Gasteiger charge is 2.17. The van der Waals surface area contributed by atoms with E-state index in [4.69, 9.17) is 4.74 Å². The Morgan fingerprint density at radius 2 is 1.00 bits per heavy atom. The number of rotatable bonds is 6. The van der Waals surface area contributed by atoms with E-state index in [-0.39, 0.29) is 11.1 Å². The van der Waals surface area contributed by atoms with Gasteiger partial charge in [0.05, 0.1) is 43.6 Å². The second-order valence-corrected chi connectivity index (χ2v) is 11.9. The Balaban J connectivity index is 1.01. The zero-order valence-electron chi connectivity index (χ0n) is 27.3. The lowest BCUT2D eigenvalue weighted by Gasteiger charge is -2.09. The molecule has 51 heavy (non-hydrogen) atoms. The van der Waals surface area contributed by atoms with E-state index in [0.717, 1.165) is 11.4 Å². The van der Waals surface area contributed by atoms with Crippen LogP contribution in [0.15, 0.2) is 107 Å². The second kappa shape index (κ2) is 12.2. The zero-order chi connectivity index (χ0) is 35.2. The number of hydrogen-bond donors (Lipinski definition) is 2. The number of nitrogens with one attached hydrogen (secondary N) is 2. The summed E-state index contributed by atoms with van der Waals surface area (Å²) in [5, 5.41) is 26.9. The first-order valence-corrected chi connectivity index (χ1v) is 16.0. The third kappa shape index (κ3) is 5.14. The van der Waals surface area contributed by atoms with Gasteiger partial charge >= 0.3 is 0 Å². The van der Waals surface area contributed by atoms with Crippen LogP contribution in [-0.2, 0) is 0 Å². The van der Waals surface area contributed by atoms with Crippen LogP contribution in [0.3, 0.4) is 0 Å². The summed E-state index contributed by atoms with van der Waals surface area (Å²) in [4.78, 5) is 36.1. The van der Waals surface area contributed by atoms with Crippen molar-refractivity contribution in [3.8, 4) is 23.6 Å².